The maximum Gasteiger partial charge on any atom is 0.313 e. The standard InChI is InChI=1S/C12H8FN3O2S2/c13-8-3-1-7(2-4-8)9-5-16-11(14-9)20-12(15-16)19-6-10(17)18/h1-5H,6H2,(H,17,18). The van der Waals surface area contributed by atoms with Gasteiger partial charge in [-0.25, -0.2) is 13.9 Å². The summed E-state index contributed by atoms with van der Waals surface area (Å²) in [6, 6.07) is 6.07. The van der Waals surface area contributed by atoms with E-state index in [1.165, 1.54) is 23.5 Å². The van der Waals surface area contributed by atoms with Crippen LogP contribution in [0.15, 0.2) is 34.8 Å². The summed E-state index contributed by atoms with van der Waals surface area (Å²) in [5.74, 6) is -1.20. The van der Waals surface area contributed by atoms with E-state index in [1.807, 2.05) is 0 Å². The van der Waals surface area contributed by atoms with Crippen LogP contribution in [0.5, 0.6) is 0 Å². The van der Waals surface area contributed by atoms with E-state index >= 15 is 0 Å². The van der Waals surface area contributed by atoms with Crippen LogP contribution in [0.25, 0.3) is 16.2 Å². The predicted molar refractivity (Wildman–Crippen MR) is 74.6 cm³/mol. The third kappa shape index (κ3) is 2.66. The Morgan fingerprint density at radius 3 is 2.80 bits per heavy atom. The Balaban J connectivity index is 1.86. The number of carboxylic acid groups (broad SMARTS) is 1. The molecule has 3 aromatic rings. The lowest BCUT2D eigenvalue weighted by molar-refractivity contribution is -0.133. The first-order valence-corrected chi connectivity index (χ1v) is 7.39. The zero-order valence-corrected chi connectivity index (χ0v) is 11.6. The van der Waals surface area contributed by atoms with Gasteiger partial charge in [0.15, 0.2) is 4.34 Å². The zero-order valence-electron chi connectivity index (χ0n) is 9.99. The lowest BCUT2D eigenvalue weighted by atomic mass is 10.2. The van der Waals surface area contributed by atoms with Gasteiger partial charge in [0.05, 0.1) is 17.6 Å². The highest BCUT2D eigenvalue weighted by molar-refractivity contribution is 8.01. The van der Waals surface area contributed by atoms with Gasteiger partial charge in [-0.2, -0.15) is 0 Å². The highest BCUT2D eigenvalue weighted by Gasteiger charge is 2.11. The van der Waals surface area contributed by atoms with E-state index in [0.29, 0.717) is 15.0 Å². The van der Waals surface area contributed by atoms with Gasteiger partial charge in [0.1, 0.15) is 5.82 Å². The summed E-state index contributed by atoms with van der Waals surface area (Å²) in [7, 11) is 0. The average Bonchev–Trinajstić information content (AvgIpc) is 2.95. The molecule has 5 nitrogen and oxygen atoms in total. The molecule has 0 aliphatic heterocycles. The summed E-state index contributed by atoms with van der Waals surface area (Å²) in [6.45, 7) is 0. The van der Waals surface area contributed by atoms with Crippen LogP contribution in [0.2, 0.25) is 0 Å². The van der Waals surface area contributed by atoms with E-state index in [-0.39, 0.29) is 11.6 Å². The molecule has 8 heteroatoms. The summed E-state index contributed by atoms with van der Waals surface area (Å²) in [5.41, 5.74) is 1.52. The van der Waals surface area contributed by atoms with Crippen LogP contribution >= 0.6 is 23.1 Å². The number of rotatable bonds is 4. The highest BCUT2D eigenvalue weighted by atomic mass is 32.2. The lowest BCUT2D eigenvalue weighted by Gasteiger charge is -1.94. The molecular formula is C12H8FN3O2S2. The van der Waals surface area contributed by atoms with E-state index in [4.69, 9.17) is 5.11 Å². The first-order valence-electron chi connectivity index (χ1n) is 5.58. The largest absolute Gasteiger partial charge is 0.481 e. The molecule has 1 N–H and O–H groups in total. The number of aliphatic carboxylic acids is 1. The van der Waals surface area contributed by atoms with Gasteiger partial charge in [0.2, 0.25) is 4.96 Å². The third-order valence-corrected chi connectivity index (χ3v) is 4.52. The minimum Gasteiger partial charge on any atom is -0.481 e. The van der Waals surface area contributed by atoms with Crippen molar-refractivity contribution in [1.29, 1.82) is 0 Å². The maximum atomic E-state index is 12.9. The van der Waals surface area contributed by atoms with Gasteiger partial charge in [-0.05, 0) is 24.3 Å². The fraction of sp³-hybridized carbons (Fsp3) is 0.0833. The van der Waals surface area contributed by atoms with Crippen molar-refractivity contribution in [1.82, 2.24) is 14.6 Å². The molecule has 0 unspecified atom stereocenters. The van der Waals surface area contributed by atoms with Crippen molar-refractivity contribution in [2.24, 2.45) is 0 Å². The molecule has 20 heavy (non-hydrogen) atoms. The third-order valence-electron chi connectivity index (χ3n) is 2.48. The van der Waals surface area contributed by atoms with Crippen LogP contribution in [-0.2, 0) is 4.79 Å². The van der Waals surface area contributed by atoms with E-state index in [0.717, 1.165) is 17.3 Å². The van der Waals surface area contributed by atoms with Crippen LogP contribution in [0.4, 0.5) is 4.39 Å². The van der Waals surface area contributed by atoms with Crippen molar-refractivity contribution in [3.8, 4) is 11.3 Å². The Labute approximate surface area is 121 Å². The number of carboxylic acids is 1. The molecule has 0 aliphatic carbocycles. The summed E-state index contributed by atoms with van der Waals surface area (Å²) in [6.07, 6.45) is 1.74. The molecule has 0 aliphatic rings. The normalized spacial score (nSPS) is 11.1. The van der Waals surface area contributed by atoms with Gasteiger partial charge in [0.25, 0.3) is 0 Å². The highest BCUT2D eigenvalue weighted by Crippen LogP contribution is 2.27. The van der Waals surface area contributed by atoms with Crippen molar-refractivity contribution in [3.05, 3.63) is 36.3 Å². The van der Waals surface area contributed by atoms with Crippen LogP contribution in [0.1, 0.15) is 0 Å². The number of carbonyl (C=O) groups is 1. The number of benzene rings is 1. The number of imidazole rings is 1. The smallest absolute Gasteiger partial charge is 0.313 e. The zero-order chi connectivity index (χ0) is 14.1. The SMILES string of the molecule is O=C(O)CSc1nn2cc(-c3ccc(F)cc3)nc2s1. The maximum absolute atomic E-state index is 12.9. The van der Waals surface area contributed by atoms with Gasteiger partial charge in [-0.1, -0.05) is 23.1 Å². The van der Waals surface area contributed by atoms with E-state index in [9.17, 15) is 9.18 Å². The molecule has 2 aromatic heterocycles. The number of hydrogen-bond acceptors (Lipinski definition) is 5. The molecule has 0 bridgehead atoms. The number of fused-ring (bicyclic) bond motifs is 1. The van der Waals surface area contributed by atoms with Gasteiger partial charge >= 0.3 is 5.97 Å². The Bertz CT molecular complexity index is 735. The second-order valence-corrected chi connectivity index (χ2v) is 6.09. The average molecular weight is 309 g/mol. The fourth-order valence-corrected chi connectivity index (χ4v) is 3.27. The molecule has 0 radical (unpaired) electrons. The van der Waals surface area contributed by atoms with Crippen molar-refractivity contribution in [3.63, 3.8) is 0 Å². The number of thioether (sulfide) groups is 1. The summed E-state index contributed by atoms with van der Waals surface area (Å²) in [5, 5.41) is 12.9. The summed E-state index contributed by atoms with van der Waals surface area (Å²) in [4.78, 5) is 15.6. The number of hydrogen-bond donors (Lipinski definition) is 1. The molecule has 0 saturated heterocycles. The number of nitrogens with zero attached hydrogens (tertiary/aromatic N) is 3. The molecule has 0 atom stereocenters. The van der Waals surface area contributed by atoms with Gasteiger partial charge in [-0.3, -0.25) is 4.79 Å². The monoisotopic (exact) mass is 309 g/mol. The van der Waals surface area contributed by atoms with Crippen LogP contribution in [-0.4, -0.2) is 31.4 Å². The van der Waals surface area contributed by atoms with Gasteiger partial charge in [0, 0.05) is 5.56 Å². The summed E-state index contributed by atoms with van der Waals surface area (Å²) < 4.78 is 15.1. The lowest BCUT2D eigenvalue weighted by Crippen LogP contribution is -1.97. The minimum absolute atomic E-state index is 0.0263. The van der Waals surface area contributed by atoms with Crippen LogP contribution in [0.3, 0.4) is 0 Å². The Kier molecular flexibility index (Phi) is 3.41. The van der Waals surface area contributed by atoms with Crippen LogP contribution in [0, 0.1) is 5.82 Å². The molecule has 1 aromatic carbocycles. The molecule has 0 fully saturated rings. The van der Waals surface area contributed by atoms with Crippen LogP contribution < -0.4 is 0 Å². The quantitative estimate of drug-likeness (QED) is 0.751. The Morgan fingerprint density at radius 2 is 2.15 bits per heavy atom. The first-order chi connectivity index (χ1) is 9.61. The number of halogens is 1. The van der Waals surface area contributed by atoms with Crippen molar-refractivity contribution in [2.45, 2.75) is 4.34 Å². The molecule has 102 valence electrons. The molecule has 0 amide bonds. The van der Waals surface area contributed by atoms with Crippen molar-refractivity contribution < 1.29 is 14.3 Å². The molecule has 2 heterocycles. The molecule has 0 saturated carbocycles. The molecule has 0 spiro atoms. The van der Waals surface area contributed by atoms with Crippen molar-refractivity contribution in [2.75, 3.05) is 5.75 Å². The van der Waals surface area contributed by atoms with Gasteiger partial charge < -0.3 is 5.11 Å². The van der Waals surface area contributed by atoms with E-state index < -0.39 is 5.97 Å². The predicted octanol–water partition coefficient (Wildman–Crippen LogP) is 2.77. The number of aromatic nitrogens is 3. The second kappa shape index (κ2) is 5.22. The second-order valence-electron chi connectivity index (χ2n) is 3.91. The Hall–Kier alpha value is -1.93. The Morgan fingerprint density at radius 1 is 1.40 bits per heavy atom. The van der Waals surface area contributed by atoms with E-state index in [2.05, 4.69) is 10.1 Å². The van der Waals surface area contributed by atoms with Crippen molar-refractivity contribution >= 4 is 34.0 Å². The molecule has 3 rings (SSSR count). The fourth-order valence-electron chi connectivity index (χ4n) is 1.62. The summed E-state index contributed by atoms with van der Waals surface area (Å²) >= 11 is 2.48. The van der Waals surface area contributed by atoms with Gasteiger partial charge in [-0.15, -0.1) is 5.10 Å². The molecular weight excluding hydrogens is 301 g/mol. The van der Waals surface area contributed by atoms with E-state index in [1.54, 1.807) is 22.8 Å². The topological polar surface area (TPSA) is 67.5 Å². The minimum atomic E-state index is -0.880. The first kappa shape index (κ1) is 13.1.